The van der Waals surface area contributed by atoms with Gasteiger partial charge in [0.25, 0.3) is 5.91 Å². The summed E-state index contributed by atoms with van der Waals surface area (Å²) in [5, 5.41) is 2.95. The molecule has 0 spiro atoms. The number of fused-ring (bicyclic) bond motifs is 1. The Morgan fingerprint density at radius 1 is 1.00 bits per heavy atom. The Bertz CT molecular complexity index is 980. The Labute approximate surface area is 177 Å². The van der Waals surface area contributed by atoms with Crippen molar-refractivity contribution in [2.45, 2.75) is 52.2 Å². The highest BCUT2D eigenvalue weighted by molar-refractivity contribution is 5.94. The number of rotatable bonds is 10. The maximum Gasteiger partial charge on any atom is 0.326 e. The number of amides is 1. The molecule has 1 heterocycles. The fourth-order valence-electron chi connectivity index (χ4n) is 3.40. The van der Waals surface area contributed by atoms with Crippen LogP contribution in [0.5, 0.6) is 0 Å². The lowest BCUT2D eigenvalue weighted by atomic mass is 10.1. The average molecular weight is 408 g/mol. The van der Waals surface area contributed by atoms with Crippen molar-refractivity contribution in [3.63, 3.8) is 0 Å². The molecule has 0 saturated carbocycles. The number of unbranched alkanes of at least 4 members (excludes halogenated alkanes) is 2. The highest BCUT2D eigenvalue weighted by Gasteiger charge is 2.15. The Kier molecular flexibility index (Phi) is 7.60. The predicted molar refractivity (Wildman–Crippen MR) is 117 cm³/mol. The molecule has 30 heavy (non-hydrogen) atoms. The summed E-state index contributed by atoms with van der Waals surface area (Å²) in [6.45, 7) is 4.51. The minimum atomic E-state index is -0.252. The summed E-state index contributed by atoms with van der Waals surface area (Å²) in [7, 11) is 0. The monoisotopic (exact) mass is 407 g/mol. The zero-order chi connectivity index (χ0) is 21.3. The molecular weight excluding hydrogens is 378 g/mol. The molecule has 6 heteroatoms. The van der Waals surface area contributed by atoms with Crippen LogP contribution in [0.4, 0.5) is 0 Å². The molecule has 0 aliphatic carbocycles. The van der Waals surface area contributed by atoms with Crippen molar-refractivity contribution in [1.29, 1.82) is 0 Å². The molecule has 0 aliphatic rings. The summed E-state index contributed by atoms with van der Waals surface area (Å²) in [6, 6.07) is 17.1. The van der Waals surface area contributed by atoms with E-state index in [1.54, 1.807) is 0 Å². The first kappa shape index (κ1) is 21.6. The van der Waals surface area contributed by atoms with Crippen molar-refractivity contribution >= 4 is 22.9 Å². The van der Waals surface area contributed by atoms with Crippen LogP contribution in [0, 0.1) is 0 Å². The minimum Gasteiger partial charge on any atom is -0.462 e. The van der Waals surface area contributed by atoms with Gasteiger partial charge >= 0.3 is 5.97 Å². The van der Waals surface area contributed by atoms with E-state index in [-0.39, 0.29) is 24.5 Å². The van der Waals surface area contributed by atoms with E-state index < -0.39 is 0 Å². The Morgan fingerprint density at radius 2 is 1.73 bits per heavy atom. The quantitative estimate of drug-likeness (QED) is 0.405. The molecule has 0 atom stereocenters. The van der Waals surface area contributed by atoms with Crippen molar-refractivity contribution in [2.75, 3.05) is 6.54 Å². The van der Waals surface area contributed by atoms with Crippen LogP contribution in [0.2, 0.25) is 0 Å². The summed E-state index contributed by atoms with van der Waals surface area (Å²) in [6.07, 6.45) is 3.44. The van der Waals surface area contributed by atoms with Crippen LogP contribution in [-0.4, -0.2) is 34.1 Å². The molecule has 158 valence electrons. The third-order valence-electron chi connectivity index (χ3n) is 4.79. The standard InChI is InChI=1S/C24H29N3O3/c1-18(2)30-23(28)17-27-21-14-9-8-13-20(21)26-22(27)15-7-4-10-16-25-24(29)19-11-5-3-6-12-19/h3,5-6,8-9,11-14,18H,4,7,10,15-17H2,1-2H3,(H,25,29). The number of imidazole rings is 1. The van der Waals surface area contributed by atoms with E-state index in [1.807, 2.05) is 73.0 Å². The fraction of sp³-hybridized carbons (Fsp3) is 0.375. The molecule has 1 aromatic heterocycles. The zero-order valence-electron chi connectivity index (χ0n) is 17.6. The van der Waals surface area contributed by atoms with Gasteiger partial charge in [-0.3, -0.25) is 9.59 Å². The number of para-hydroxylation sites is 2. The largest absolute Gasteiger partial charge is 0.462 e. The molecular formula is C24H29N3O3. The number of aryl methyl sites for hydroxylation is 1. The molecule has 6 nitrogen and oxygen atoms in total. The average Bonchev–Trinajstić information content (AvgIpc) is 3.07. The molecule has 1 N–H and O–H groups in total. The van der Waals surface area contributed by atoms with Gasteiger partial charge in [-0.15, -0.1) is 0 Å². The van der Waals surface area contributed by atoms with E-state index in [2.05, 4.69) is 5.32 Å². The van der Waals surface area contributed by atoms with Crippen molar-refractivity contribution in [1.82, 2.24) is 14.9 Å². The Hall–Kier alpha value is -3.15. The number of nitrogens with zero attached hydrogens (tertiary/aromatic N) is 2. The molecule has 0 unspecified atom stereocenters. The number of aromatic nitrogens is 2. The van der Waals surface area contributed by atoms with Gasteiger partial charge in [0.1, 0.15) is 12.4 Å². The molecule has 1 amide bonds. The summed E-state index contributed by atoms with van der Waals surface area (Å²) in [5.41, 5.74) is 2.52. The highest BCUT2D eigenvalue weighted by Crippen LogP contribution is 2.18. The van der Waals surface area contributed by atoms with Gasteiger partial charge in [0.15, 0.2) is 0 Å². The number of nitrogens with one attached hydrogen (secondary N) is 1. The SMILES string of the molecule is CC(C)OC(=O)Cn1c(CCCCCNC(=O)c2ccccc2)nc2ccccc21. The smallest absolute Gasteiger partial charge is 0.326 e. The van der Waals surface area contributed by atoms with E-state index in [4.69, 9.17) is 9.72 Å². The molecule has 0 fully saturated rings. The number of hydrogen-bond acceptors (Lipinski definition) is 4. The molecule has 3 aromatic rings. The van der Waals surface area contributed by atoms with Gasteiger partial charge in [-0.25, -0.2) is 4.98 Å². The lowest BCUT2D eigenvalue weighted by molar-refractivity contribution is -0.148. The van der Waals surface area contributed by atoms with Gasteiger partial charge in [-0.2, -0.15) is 0 Å². The van der Waals surface area contributed by atoms with E-state index in [0.717, 1.165) is 42.5 Å². The van der Waals surface area contributed by atoms with E-state index in [0.29, 0.717) is 12.1 Å². The number of esters is 1. The maximum atomic E-state index is 12.2. The zero-order valence-corrected chi connectivity index (χ0v) is 17.6. The molecule has 0 bridgehead atoms. The van der Waals surface area contributed by atoms with Crippen LogP contribution >= 0.6 is 0 Å². The normalized spacial score (nSPS) is 11.0. The van der Waals surface area contributed by atoms with Gasteiger partial charge < -0.3 is 14.6 Å². The minimum absolute atomic E-state index is 0.0407. The second-order valence-corrected chi connectivity index (χ2v) is 7.57. The molecule has 0 saturated heterocycles. The van der Waals surface area contributed by atoms with Gasteiger partial charge in [-0.05, 0) is 51.0 Å². The summed E-state index contributed by atoms with van der Waals surface area (Å²) >= 11 is 0. The van der Waals surface area contributed by atoms with Crippen LogP contribution in [-0.2, 0) is 22.5 Å². The molecule has 0 aliphatic heterocycles. The molecule has 2 aromatic carbocycles. The first-order valence-corrected chi connectivity index (χ1v) is 10.5. The van der Waals surface area contributed by atoms with Gasteiger partial charge in [0.2, 0.25) is 0 Å². The van der Waals surface area contributed by atoms with Crippen LogP contribution in [0.1, 0.15) is 49.3 Å². The second kappa shape index (κ2) is 10.6. The van der Waals surface area contributed by atoms with Crippen LogP contribution in [0.25, 0.3) is 11.0 Å². The Balaban J connectivity index is 1.51. The number of carbonyl (C=O) groups excluding carboxylic acids is 2. The molecule has 0 radical (unpaired) electrons. The van der Waals surface area contributed by atoms with E-state index in [1.165, 1.54) is 0 Å². The van der Waals surface area contributed by atoms with E-state index >= 15 is 0 Å². The van der Waals surface area contributed by atoms with Crippen LogP contribution < -0.4 is 5.32 Å². The van der Waals surface area contributed by atoms with Crippen LogP contribution in [0.15, 0.2) is 54.6 Å². The van der Waals surface area contributed by atoms with E-state index in [9.17, 15) is 9.59 Å². The van der Waals surface area contributed by atoms with Crippen molar-refractivity contribution in [3.8, 4) is 0 Å². The Morgan fingerprint density at radius 3 is 2.50 bits per heavy atom. The topological polar surface area (TPSA) is 73.2 Å². The molecule has 3 rings (SSSR count). The maximum absolute atomic E-state index is 12.2. The number of ether oxygens (including phenoxy) is 1. The first-order valence-electron chi connectivity index (χ1n) is 10.5. The third-order valence-corrected chi connectivity index (χ3v) is 4.79. The number of benzene rings is 2. The van der Waals surface area contributed by atoms with Crippen LogP contribution in [0.3, 0.4) is 0 Å². The lowest BCUT2D eigenvalue weighted by Crippen LogP contribution is -2.24. The van der Waals surface area contributed by atoms with Gasteiger partial charge in [0.05, 0.1) is 17.1 Å². The summed E-state index contributed by atoms with van der Waals surface area (Å²) in [5.74, 6) is 0.601. The first-order chi connectivity index (χ1) is 14.5. The predicted octanol–water partition coefficient (Wildman–Crippen LogP) is 4.13. The third kappa shape index (κ3) is 5.92. The summed E-state index contributed by atoms with van der Waals surface area (Å²) < 4.78 is 7.27. The lowest BCUT2D eigenvalue weighted by Gasteiger charge is -2.11. The fourth-order valence-corrected chi connectivity index (χ4v) is 3.40. The second-order valence-electron chi connectivity index (χ2n) is 7.57. The highest BCUT2D eigenvalue weighted by atomic mass is 16.5. The van der Waals surface area contributed by atoms with Crippen molar-refractivity contribution in [2.24, 2.45) is 0 Å². The van der Waals surface area contributed by atoms with Gasteiger partial charge in [-0.1, -0.05) is 36.8 Å². The summed E-state index contributed by atoms with van der Waals surface area (Å²) in [4.78, 5) is 29.0. The number of carbonyl (C=O) groups is 2. The van der Waals surface area contributed by atoms with Gasteiger partial charge in [0, 0.05) is 18.5 Å². The number of hydrogen-bond donors (Lipinski definition) is 1. The van der Waals surface area contributed by atoms with Crippen molar-refractivity contribution in [3.05, 3.63) is 66.0 Å². The van der Waals surface area contributed by atoms with Crippen molar-refractivity contribution < 1.29 is 14.3 Å².